The third-order valence-corrected chi connectivity index (χ3v) is 6.77. The number of nitrogens with zero attached hydrogens (tertiary/aromatic N) is 4. The number of H-pyrrole nitrogens is 1. The number of amides is 1. The van der Waals surface area contributed by atoms with E-state index in [2.05, 4.69) is 45.2 Å². The fraction of sp³-hybridized carbons (Fsp3) is 0.138. The van der Waals surface area contributed by atoms with E-state index < -0.39 is 0 Å². The number of carbonyl (C=O) groups excluding carboxylic acids is 1. The Morgan fingerprint density at radius 2 is 1.81 bits per heavy atom. The standard InChI is InChI=1S/C29H25N5O2/c35-29(26-12-13-34(36)28-9-5-4-8-25(26)28)33-15-14-32(19-24-17-30-20-31-24)27-11-10-22(16-23(27)18-33)21-6-2-1-3-7-21/h1-13,16-17,20H,14-15,18-19H2,(H,30,31). The smallest absolute Gasteiger partial charge is 0.255 e. The lowest BCUT2D eigenvalue weighted by Crippen LogP contribution is -2.36. The van der Waals surface area contributed by atoms with Gasteiger partial charge in [-0.15, -0.1) is 0 Å². The molecule has 0 spiro atoms. The number of benzene rings is 3. The highest BCUT2D eigenvalue weighted by molar-refractivity contribution is 6.05. The number of aromatic nitrogens is 3. The maximum Gasteiger partial charge on any atom is 0.255 e. The number of hydrogen-bond acceptors (Lipinski definition) is 4. The van der Waals surface area contributed by atoms with Gasteiger partial charge < -0.3 is 20.0 Å². The van der Waals surface area contributed by atoms with Crippen LogP contribution < -0.4 is 9.63 Å². The van der Waals surface area contributed by atoms with Crippen LogP contribution in [0.3, 0.4) is 0 Å². The van der Waals surface area contributed by atoms with Crippen LogP contribution in [0.2, 0.25) is 0 Å². The van der Waals surface area contributed by atoms with E-state index >= 15 is 0 Å². The molecule has 0 fully saturated rings. The van der Waals surface area contributed by atoms with Gasteiger partial charge >= 0.3 is 0 Å². The normalized spacial score (nSPS) is 13.4. The van der Waals surface area contributed by atoms with Gasteiger partial charge in [0, 0.05) is 43.7 Å². The number of nitrogens with one attached hydrogen (secondary N) is 1. The first kappa shape index (κ1) is 21.9. The van der Waals surface area contributed by atoms with Gasteiger partial charge in [-0.3, -0.25) is 4.79 Å². The molecule has 7 nitrogen and oxygen atoms in total. The summed E-state index contributed by atoms with van der Waals surface area (Å²) in [6.07, 6.45) is 4.94. The first-order chi connectivity index (χ1) is 17.7. The second-order valence-electron chi connectivity index (χ2n) is 9.01. The quantitative estimate of drug-likeness (QED) is 0.306. The summed E-state index contributed by atoms with van der Waals surface area (Å²) in [6, 6.07) is 25.6. The largest absolute Gasteiger partial charge is 0.618 e. The molecule has 3 heterocycles. The highest BCUT2D eigenvalue weighted by Crippen LogP contribution is 2.32. The molecular formula is C29H25N5O2. The van der Waals surface area contributed by atoms with Crippen LogP contribution in [0.15, 0.2) is 97.6 Å². The zero-order valence-corrected chi connectivity index (χ0v) is 19.7. The second-order valence-corrected chi connectivity index (χ2v) is 9.01. The Labute approximate surface area is 208 Å². The summed E-state index contributed by atoms with van der Waals surface area (Å²) >= 11 is 0. The van der Waals surface area contributed by atoms with Crippen molar-refractivity contribution in [2.75, 3.05) is 18.0 Å². The van der Waals surface area contributed by atoms with Gasteiger partial charge in [0.25, 0.3) is 5.91 Å². The minimum Gasteiger partial charge on any atom is -0.618 e. The molecule has 1 aliphatic heterocycles. The number of pyridine rings is 1. The molecule has 0 bridgehead atoms. The van der Waals surface area contributed by atoms with Gasteiger partial charge in [0.1, 0.15) is 0 Å². The highest BCUT2D eigenvalue weighted by atomic mass is 16.5. The van der Waals surface area contributed by atoms with E-state index in [9.17, 15) is 10.0 Å². The van der Waals surface area contributed by atoms with Crippen molar-refractivity contribution in [1.82, 2.24) is 14.9 Å². The molecular weight excluding hydrogens is 450 g/mol. The van der Waals surface area contributed by atoms with E-state index in [4.69, 9.17) is 0 Å². The van der Waals surface area contributed by atoms with Crippen molar-refractivity contribution < 1.29 is 9.52 Å². The van der Waals surface area contributed by atoms with Crippen LogP contribution in [0, 0.1) is 5.21 Å². The molecule has 0 unspecified atom stereocenters. The topological polar surface area (TPSA) is 79.2 Å². The maximum absolute atomic E-state index is 13.8. The minimum atomic E-state index is -0.0775. The summed E-state index contributed by atoms with van der Waals surface area (Å²) in [5.74, 6) is -0.0775. The van der Waals surface area contributed by atoms with E-state index in [1.165, 1.54) is 6.20 Å². The molecule has 0 atom stereocenters. The Morgan fingerprint density at radius 3 is 2.64 bits per heavy atom. The summed E-state index contributed by atoms with van der Waals surface area (Å²) in [5, 5.41) is 13.0. The molecule has 0 saturated carbocycles. The second kappa shape index (κ2) is 9.19. The SMILES string of the molecule is O=C(c1cc[n+]([O-])c2ccccc12)N1CCN(Cc2cnc[nH]2)c2ccc(-c3ccccc3)cc2C1. The van der Waals surface area contributed by atoms with E-state index in [1.807, 2.05) is 47.5 Å². The zero-order valence-electron chi connectivity index (χ0n) is 19.7. The Bertz CT molecular complexity index is 1530. The molecule has 3 aromatic carbocycles. The monoisotopic (exact) mass is 475 g/mol. The van der Waals surface area contributed by atoms with Crippen LogP contribution in [-0.2, 0) is 13.1 Å². The van der Waals surface area contributed by atoms with E-state index in [0.717, 1.165) is 32.8 Å². The first-order valence-corrected chi connectivity index (χ1v) is 12.0. The van der Waals surface area contributed by atoms with E-state index in [1.54, 1.807) is 18.5 Å². The lowest BCUT2D eigenvalue weighted by Gasteiger charge is -2.24. The minimum absolute atomic E-state index is 0.0775. The summed E-state index contributed by atoms with van der Waals surface area (Å²) in [4.78, 5) is 25.4. The fourth-order valence-electron chi connectivity index (χ4n) is 4.95. The van der Waals surface area contributed by atoms with Crippen LogP contribution in [0.1, 0.15) is 21.6 Å². The van der Waals surface area contributed by atoms with Crippen molar-refractivity contribution in [3.63, 3.8) is 0 Å². The molecule has 0 aliphatic carbocycles. The highest BCUT2D eigenvalue weighted by Gasteiger charge is 2.26. The summed E-state index contributed by atoms with van der Waals surface area (Å²) in [5.41, 5.74) is 6.49. The Kier molecular flexibility index (Phi) is 5.58. The fourth-order valence-corrected chi connectivity index (χ4v) is 4.95. The van der Waals surface area contributed by atoms with Gasteiger partial charge in [0.05, 0.1) is 29.5 Å². The number of carbonyl (C=O) groups is 1. The van der Waals surface area contributed by atoms with E-state index in [0.29, 0.717) is 42.6 Å². The molecule has 6 rings (SSSR count). The molecule has 5 aromatic rings. The average molecular weight is 476 g/mol. The van der Waals surface area contributed by atoms with Crippen molar-refractivity contribution >= 4 is 22.5 Å². The molecule has 1 N–H and O–H groups in total. The van der Waals surface area contributed by atoms with Crippen LogP contribution >= 0.6 is 0 Å². The van der Waals surface area contributed by atoms with Gasteiger partial charge in [0.15, 0.2) is 6.20 Å². The number of rotatable bonds is 4. The molecule has 0 radical (unpaired) electrons. The van der Waals surface area contributed by atoms with Crippen molar-refractivity contribution in [3.8, 4) is 11.1 Å². The Balaban J connectivity index is 1.40. The van der Waals surface area contributed by atoms with Crippen LogP contribution in [0.4, 0.5) is 5.69 Å². The maximum atomic E-state index is 13.8. The van der Waals surface area contributed by atoms with Crippen LogP contribution in [-0.4, -0.2) is 33.9 Å². The van der Waals surface area contributed by atoms with Crippen molar-refractivity contribution in [2.45, 2.75) is 13.1 Å². The van der Waals surface area contributed by atoms with E-state index in [-0.39, 0.29) is 5.91 Å². The predicted molar refractivity (Wildman–Crippen MR) is 139 cm³/mol. The summed E-state index contributed by atoms with van der Waals surface area (Å²) < 4.78 is 0.808. The van der Waals surface area contributed by atoms with Gasteiger partial charge in [-0.25, -0.2) is 4.98 Å². The van der Waals surface area contributed by atoms with Gasteiger partial charge in [-0.2, -0.15) is 4.73 Å². The molecule has 36 heavy (non-hydrogen) atoms. The van der Waals surface area contributed by atoms with Gasteiger partial charge in [-0.1, -0.05) is 48.5 Å². The van der Waals surface area contributed by atoms with Gasteiger partial charge in [0.2, 0.25) is 5.52 Å². The molecule has 2 aromatic heterocycles. The molecule has 1 amide bonds. The molecule has 178 valence electrons. The number of anilines is 1. The molecule has 1 aliphatic rings. The Morgan fingerprint density at radius 1 is 0.972 bits per heavy atom. The van der Waals surface area contributed by atoms with Crippen LogP contribution in [0.5, 0.6) is 0 Å². The van der Waals surface area contributed by atoms with Gasteiger partial charge in [-0.05, 0) is 34.9 Å². The van der Waals surface area contributed by atoms with Crippen LogP contribution in [0.25, 0.3) is 22.0 Å². The first-order valence-electron chi connectivity index (χ1n) is 12.0. The lowest BCUT2D eigenvalue weighted by atomic mass is 10.0. The molecule has 0 saturated heterocycles. The lowest BCUT2D eigenvalue weighted by molar-refractivity contribution is -0.577. The number of hydrogen-bond donors (Lipinski definition) is 1. The number of aromatic amines is 1. The summed E-state index contributed by atoms with van der Waals surface area (Å²) in [7, 11) is 0. The predicted octanol–water partition coefficient (Wildman–Crippen LogP) is 4.53. The van der Waals surface area contributed by atoms with Crippen molar-refractivity contribution in [3.05, 3.63) is 120 Å². The number of fused-ring (bicyclic) bond motifs is 2. The van der Waals surface area contributed by atoms with Crippen molar-refractivity contribution in [1.29, 1.82) is 0 Å². The average Bonchev–Trinajstić information content (AvgIpc) is 3.37. The third-order valence-electron chi connectivity index (χ3n) is 6.77. The third kappa shape index (κ3) is 4.05. The zero-order chi connectivity index (χ0) is 24.5. The Hall–Kier alpha value is -4.65. The molecule has 7 heteroatoms. The summed E-state index contributed by atoms with van der Waals surface area (Å²) in [6.45, 7) is 2.39. The number of imidazole rings is 1. The van der Waals surface area contributed by atoms with Crippen molar-refractivity contribution in [2.24, 2.45) is 0 Å². The number of para-hydroxylation sites is 1.